The first-order valence-electron chi connectivity index (χ1n) is 22.9. The number of piperazine rings is 1. The van der Waals surface area contributed by atoms with E-state index in [0.717, 1.165) is 110 Å². The van der Waals surface area contributed by atoms with E-state index in [1.54, 1.807) is 29.8 Å². The van der Waals surface area contributed by atoms with E-state index < -0.39 is 11.9 Å². The van der Waals surface area contributed by atoms with Crippen LogP contribution in [0.15, 0.2) is 35.4 Å². The molecular formula is C49H74N4O6. The van der Waals surface area contributed by atoms with Crippen molar-refractivity contribution in [2.24, 2.45) is 44.3 Å². The Morgan fingerprint density at radius 2 is 1.42 bits per heavy atom. The molecule has 1 heterocycles. The van der Waals surface area contributed by atoms with Crippen molar-refractivity contribution >= 4 is 23.8 Å². The normalized spacial score (nSPS) is 35.2. The quantitative estimate of drug-likeness (QED) is 0.140. The third kappa shape index (κ3) is 7.80. The fourth-order valence-corrected chi connectivity index (χ4v) is 13.9. The average molecular weight is 815 g/mol. The van der Waals surface area contributed by atoms with E-state index in [0.29, 0.717) is 11.8 Å². The zero-order chi connectivity index (χ0) is 42.6. The number of ether oxygens (including phenoxy) is 2. The molecule has 5 aliphatic carbocycles. The Morgan fingerprint density at radius 3 is 2.12 bits per heavy atom. The van der Waals surface area contributed by atoms with Gasteiger partial charge in [0.15, 0.2) is 0 Å². The molecule has 1 aromatic carbocycles. The molecule has 2 amide bonds. The molecule has 326 valence electrons. The van der Waals surface area contributed by atoms with Crippen LogP contribution < -0.4 is 10.6 Å². The van der Waals surface area contributed by atoms with Crippen molar-refractivity contribution in [3.63, 3.8) is 0 Å². The zero-order valence-corrected chi connectivity index (χ0v) is 37.8. The van der Waals surface area contributed by atoms with Crippen LogP contribution in [0.25, 0.3) is 0 Å². The SMILES string of the molecule is CC(=O)NCCOC(=O)c1ccccc1C(=O)O[C@H]1CC[C@]2(C)[C@H]3CCC4=C5CC(C)(C)CC[C@]5(C(=O)NCCN5CCN(C)CC5)CC[C@@]4(C)[C@]3(C)CC[C@H]2C1(C)C. The third-order valence-electron chi connectivity index (χ3n) is 17.5. The highest BCUT2D eigenvalue weighted by molar-refractivity contribution is 6.03. The van der Waals surface area contributed by atoms with Crippen molar-refractivity contribution in [2.45, 2.75) is 132 Å². The van der Waals surface area contributed by atoms with Crippen LogP contribution in [0.3, 0.4) is 0 Å². The van der Waals surface area contributed by atoms with Gasteiger partial charge in [0.1, 0.15) is 12.7 Å². The lowest BCUT2D eigenvalue weighted by atomic mass is 9.34. The summed E-state index contributed by atoms with van der Waals surface area (Å²) in [6.07, 6.45) is 10.9. The zero-order valence-electron chi connectivity index (χ0n) is 37.8. The number of esters is 2. The van der Waals surface area contributed by atoms with Gasteiger partial charge in [-0.3, -0.25) is 14.5 Å². The summed E-state index contributed by atoms with van der Waals surface area (Å²) in [4.78, 5) is 57.7. The van der Waals surface area contributed by atoms with Gasteiger partial charge in [0.25, 0.3) is 0 Å². The van der Waals surface area contributed by atoms with E-state index in [2.05, 4.69) is 75.9 Å². The second kappa shape index (κ2) is 16.2. The molecule has 1 saturated heterocycles. The standard InChI is InChI=1S/C49H74N4O6/c1-33(54)50-25-31-58-41(55)34-12-10-11-13-35(34)42(56)59-40-17-18-46(6)38(45(40,4)5)16-19-48(8)39(46)15-14-36-37-32-44(2,3)20-22-49(37,23-21-47(36,48)7)43(57)51-24-26-53-29-27-52(9)28-30-53/h10-13,38-40H,14-32H2,1-9H3,(H,50,54)(H,51,57)/t38-,39+,40-,46-,47+,48+,49-/m0/s1. The average Bonchev–Trinajstić information content (AvgIpc) is 3.18. The molecule has 0 bridgehead atoms. The molecule has 0 aromatic heterocycles. The predicted octanol–water partition coefficient (Wildman–Crippen LogP) is 7.81. The molecule has 5 fully saturated rings. The van der Waals surface area contributed by atoms with E-state index >= 15 is 0 Å². The van der Waals surface area contributed by atoms with Gasteiger partial charge in [-0.15, -0.1) is 0 Å². The molecule has 1 aromatic rings. The molecule has 1 aliphatic heterocycles. The predicted molar refractivity (Wildman–Crippen MR) is 231 cm³/mol. The van der Waals surface area contributed by atoms with E-state index in [-0.39, 0.29) is 74.7 Å². The number of carbonyl (C=O) groups is 4. The summed E-state index contributed by atoms with van der Waals surface area (Å²) in [7, 11) is 2.19. The van der Waals surface area contributed by atoms with Crippen molar-refractivity contribution in [1.29, 1.82) is 0 Å². The summed E-state index contributed by atoms with van der Waals surface area (Å²) in [6, 6.07) is 6.70. The van der Waals surface area contributed by atoms with E-state index in [9.17, 15) is 19.2 Å². The first-order chi connectivity index (χ1) is 27.8. The van der Waals surface area contributed by atoms with Crippen molar-refractivity contribution < 1.29 is 28.7 Å². The number of benzene rings is 1. The molecule has 0 spiro atoms. The van der Waals surface area contributed by atoms with Gasteiger partial charge in [-0.25, -0.2) is 9.59 Å². The first kappa shape index (κ1) is 43.8. The van der Waals surface area contributed by atoms with Gasteiger partial charge in [-0.1, -0.05) is 71.7 Å². The Balaban J connectivity index is 1.09. The maximum atomic E-state index is 14.6. The minimum Gasteiger partial charge on any atom is -0.460 e. The summed E-state index contributed by atoms with van der Waals surface area (Å²) in [5, 5.41) is 6.13. The van der Waals surface area contributed by atoms with Crippen LogP contribution in [0.4, 0.5) is 0 Å². The molecule has 6 aliphatic rings. The summed E-state index contributed by atoms with van der Waals surface area (Å²) in [5.74, 6) is -0.125. The lowest BCUT2D eigenvalue weighted by molar-refractivity contribution is -0.205. The van der Waals surface area contributed by atoms with Crippen LogP contribution >= 0.6 is 0 Å². The molecule has 0 radical (unpaired) electrons. The van der Waals surface area contributed by atoms with Gasteiger partial charge >= 0.3 is 11.9 Å². The first-order valence-corrected chi connectivity index (χ1v) is 22.9. The van der Waals surface area contributed by atoms with Crippen LogP contribution in [0.2, 0.25) is 0 Å². The molecule has 10 nitrogen and oxygen atoms in total. The minimum atomic E-state index is -0.608. The van der Waals surface area contributed by atoms with Crippen LogP contribution in [0.1, 0.15) is 147 Å². The molecule has 59 heavy (non-hydrogen) atoms. The topological polar surface area (TPSA) is 117 Å². The Kier molecular flexibility index (Phi) is 12.1. The number of hydrogen-bond acceptors (Lipinski definition) is 8. The van der Waals surface area contributed by atoms with Crippen LogP contribution in [-0.4, -0.2) is 99.1 Å². The Hall–Kier alpha value is -3.24. The number of fused-ring (bicyclic) bond motifs is 6. The van der Waals surface area contributed by atoms with E-state index in [4.69, 9.17) is 9.47 Å². The monoisotopic (exact) mass is 815 g/mol. The molecule has 7 atom stereocenters. The summed E-state index contributed by atoms with van der Waals surface area (Å²) in [5.41, 5.74) is 3.25. The van der Waals surface area contributed by atoms with Crippen molar-refractivity contribution in [3.8, 4) is 0 Å². The minimum absolute atomic E-state index is 0.0149. The third-order valence-corrected chi connectivity index (χ3v) is 17.5. The smallest absolute Gasteiger partial charge is 0.339 e. The number of nitrogens with zero attached hydrogens (tertiary/aromatic N) is 2. The number of amides is 2. The number of carbonyl (C=O) groups excluding carboxylic acids is 4. The Bertz CT molecular complexity index is 1830. The van der Waals surface area contributed by atoms with Gasteiger partial charge in [-0.05, 0) is 123 Å². The molecular weight excluding hydrogens is 741 g/mol. The van der Waals surface area contributed by atoms with E-state index in [1.165, 1.54) is 12.5 Å². The lowest BCUT2D eigenvalue weighted by Crippen LogP contribution is -2.64. The largest absolute Gasteiger partial charge is 0.460 e. The Morgan fingerprint density at radius 1 is 0.746 bits per heavy atom. The lowest BCUT2D eigenvalue weighted by Gasteiger charge is -2.71. The number of nitrogens with one attached hydrogen (secondary N) is 2. The van der Waals surface area contributed by atoms with Gasteiger partial charge in [0.05, 0.1) is 23.1 Å². The van der Waals surface area contributed by atoms with Crippen molar-refractivity contribution in [2.75, 3.05) is 59.5 Å². The van der Waals surface area contributed by atoms with Gasteiger partial charge in [-0.2, -0.15) is 0 Å². The second-order valence-electron chi connectivity index (χ2n) is 21.6. The highest BCUT2D eigenvalue weighted by atomic mass is 16.5. The number of likely N-dealkylation sites (N-methyl/N-ethyl adjacent to an activating group) is 1. The molecule has 4 saturated carbocycles. The Labute approximate surface area is 354 Å². The van der Waals surface area contributed by atoms with Crippen LogP contribution in [0.5, 0.6) is 0 Å². The molecule has 7 rings (SSSR count). The van der Waals surface area contributed by atoms with E-state index in [1.807, 2.05) is 0 Å². The maximum Gasteiger partial charge on any atom is 0.339 e. The molecule has 2 N–H and O–H groups in total. The highest BCUT2D eigenvalue weighted by Gasteiger charge is 2.68. The summed E-state index contributed by atoms with van der Waals surface area (Å²) in [6.45, 7) is 24.8. The highest BCUT2D eigenvalue weighted by Crippen LogP contribution is 2.75. The second-order valence-corrected chi connectivity index (χ2v) is 21.6. The van der Waals surface area contributed by atoms with Crippen LogP contribution in [0, 0.1) is 44.3 Å². The van der Waals surface area contributed by atoms with Gasteiger partial charge in [0, 0.05) is 51.6 Å². The van der Waals surface area contributed by atoms with Gasteiger partial charge < -0.3 is 25.0 Å². The maximum absolute atomic E-state index is 14.6. The number of allylic oxidation sites excluding steroid dienone is 1. The van der Waals surface area contributed by atoms with Crippen molar-refractivity contribution in [1.82, 2.24) is 20.4 Å². The number of rotatable bonds is 10. The summed E-state index contributed by atoms with van der Waals surface area (Å²) < 4.78 is 11.8. The van der Waals surface area contributed by atoms with Gasteiger partial charge in [0.2, 0.25) is 11.8 Å². The fraction of sp³-hybridized carbons (Fsp3) is 0.755. The summed E-state index contributed by atoms with van der Waals surface area (Å²) >= 11 is 0. The number of hydrogen-bond donors (Lipinski definition) is 2. The van der Waals surface area contributed by atoms with Crippen molar-refractivity contribution in [3.05, 3.63) is 46.5 Å². The molecule has 0 unspecified atom stereocenters. The fourth-order valence-electron chi connectivity index (χ4n) is 13.9. The molecule has 10 heteroatoms. The van der Waals surface area contributed by atoms with Crippen LogP contribution in [-0.2, 0) is 19.1 Å².